The highest BCUT2D eigenvalue weighted by molar-refractivity contribution is 5.89. The first-order valence-electron chi connectivity index (χ1n) is 8.90. The van der Waals surface area contributed by atoms with Gasteiger partial charge in [0.1, 0.15) is 0 Å². The lowest BCUT2D eigenvalue weighted by Crippen LogP contribution is -2.35. The van der Waals surface area contributed by atoms with E-state index in [1.165, 1.54) is 0 Å². The smallest absolute Gasteiger partial charge is 0.227 e. The van der Waals surface area contributed by atoms with Gasteiger partial charge in [-0.2, -0.15) is 0 Å². The number of amides is 2. The molecule has 0 aliphatic carbocycles. The number of methoxy groups -OCH3 is 2. The summed E-state index contributed by atoms with van der Waals surface area (Å²) in [6.07, 6.45) is 3.24. The quantitative estimate of drug-likeness (QED) is 0.787. The standard InChI is InChI=1S/C19H26N2O4/c1-24-16-6-5-14(11-17(16)25-2)7-10-21-13-15(12-18(21)22)19(23)20-8-3-4-9-20/h5-6,11,15H,3-4,7-10,12-13H2,1-2H3/t15-/m0/s1. The van der Waals surface area contributed by atoms with Gasteiger partial charge in [0.2, 0.25) is 11.8 Å². The Balaban J connectivity index is 1.56. The van der Waals surface area contributed by atoms with Crippen LogP contribution in [0.2, 0.25) is 0 Å². The van der Waals surface area contributed by atoms with Gasteiger partial charge in [-0.1, -0.05) is 6.07 Å². The van der Waals surface area contributed by atoms with Crippen LogP contribution >= 0.6 is 0 Å². The predicted molar refractivity (Wildman–Crippen MR) is 93.8 cm³/mol. The minimum Gasteiger partial charge on any atom is -0.493 e. The predicted octanol–water partition coefficient (Wildman–Crippen LogP) is 1.72. The highest BCUT2D eigenvalue weighted by Gasteiger charge is 2.36. The Bertz CT molecular complexity index is 640. The largest absolute Gasteiger partial charge is 0.493 e. The van der Waals surface area contributed by atoms with Crippen LogP contribution in [-0.4, -0.2) is 62.0 Å². The Morgan fingerprint density at radius 3 is 2.56 bits per heavy atom. The Morgan fingerprint density at radius 1 is 1.16 bits per heavy atom. The number of hydrogen-bond acceptors (Lipinski definition) is 4. The van der Waals surface area contributed by atoms with E-state index in [4.69, 9.17) is 9.47 Å². The van der Waals surface area contributed by atoms with E-state index in [1.807, 2.05) is 28.0 Å². The lowest BCUT2D eigenvalue weighted by Gasteiger charge is -2.20. The van der Waals surface area contributed by atoms with Gasteiger partial charge in [0.25, 0.3) is 0 Å². The third-order valence-electron chi connectivity index (χ3n) is 5.10. The van der Waals surface area contributed by atoms with E-state index in [9.17, 15) is 9.59 Å². The van der Waals surface area contributed by atoms with Crippen LogP contribution in [0.25, 0.3) is 0 Å². The molecule has 6 heteroatoms. The molecule has 2 amide bonds. The summed E-state index contributed by atoms with van der Waals surface area (Å²) in [6.45, 7) is 2.85. The van der Waals surface area contributed by atoms with Crippen LogP contribution in [0.4, 0.5) is 0 Å². The monoisotopic (exact) mass is 346 g/mol. The van der Waals surface area contributed by atoms with Gasteiger partial charge < -0.3 is 19.3 Å². The molecule has 2 heterocycles. The number of ether oxygens (including phenoxy) is 2. The van der Waals surface area contributed by atoms with E-state index in [-0.39, 0.29) is 17.7 Å². The fourth-order valence-electron chi connectivity index (χ4n) is 3.65. The summed E-state index contributed by atoms with van der Waals surface area (Å²) in [7, 11) is 3.22. The van der Waals surface area contributed by atoms with Gasteiger partial charge in [-0.15, -0.1) is 0 Å². The van der Waals surface area contributed by atoms with Crippen molar-refractivity contribution in [1.82, 2.24) is 9.80 Å². The highest BCUT2D eigenvalue weighted by Crippen LogP contribution is 2.28. The summed E-state index contributed by atoms with van der Waals surface area (Å²) >= 11 is 0. The zero-order valence-corrected chi connectivity index (χ0v) is 15.0. The molecule has 0 radical (unpaired) electrons. The molecule has 1 aromatic rings. The lowest BCUT2D eigenvalue weighted by molar-refractivity contribution is -0.134. The number of carbonyl (C=O) groups excluding carboxylic acids is 2. The number of carbonyl (C=O) groups is 2. The van der Waals surface area contributed by atoms with Crippen LogP contribution in [0.5, 0.6) is 11.5 Å². The summed E-state index contributed by atoms with van der Waals surface area (Å²) < 4.78 is 10.6. The van der Waals surface area contributed by atoms with Gasteiger partial charge in [0.05, 0.1) is 20.1 Å². The van der Waals surface area contributed by atoms with E-state index in [0.717, 1.165) is 37.9 Å². The first kappa shape index (κ1) is 17.6. The first-order valence-corrected chi connectivity index (χ1v) is 8.90. The molecule has 0 N–H and O–H groups in total. The van der Waals surface area contributed by atoms with Gasteiger partial charge in [-0.3, -0.25) is 9.59 Å². The number of likely N-dealkylation sites (tertiary alicyclic amines) is 2. The van der Waals surface area contributed by atoms with E-state index < -0.39 is 0 Å². The third-order valence-corrected chi connectivity index (χ3v) is 5.10. The van der Waals surface area contributed by atoms with Crippen LogP contribution in [-0.2, 0) is 16.0 Å². The summed E-state index contributed by atoms with van der Waals surface area (Å²) in [5, 5.41) is 0. The van der Waals surface area contributed by atoms with E-state index in [2.05, 4.69) is 0 Å². The third kappa shape index (κ3) is 3.89. The fourth-order valence-corrected chi connectivity index (χ4v) is 3.65. The molecule has 0 saturated carbocycles. The average Bonchev–Trinajstić information content (AvgIpc) is 3.29. The second-order valence-corrected chi connectivity index (χ2v) is 6.71. The Hall–Kier alpha value is -2.24. The maximum absolute atomic E-state index is 12.5. The summed E-state index contributed by atoms with van der Waals surface area (Å²) in [5.74, 6) is 1.45. The molecular weight excluding hydrogens is 320 g/mol. The topological polar surface area (TPSA) is 59.1 Å². The fraction of sp³-hybridized carbons (Fsp3) is 0.579. The van der Waals surface area contributed by atoms with Gasteiger partial charge in [-0.25, -0.2) is 0 Å². The molecule has 1 aromatic carbocycles. The van der Waals surface area contributed by atoms with Crippen molar-refractivity contribution in [3.63, 3.8) is 0 Å². The minimum atomic E-state index is -0.170. The second kappa shape index (κ2) is 7.76. The molecule has 1 atom stereocenters. The summed E-state index contributed by atoms with van der Waals surface area (Å²) in [6, 6.07) is 5.79. The molecule has 6 nitrogen and oxygen atoms in total. The maximum atomic E-state index is 12.5. The SMILES string of the molecule is COc1ccc(CCN2C[C@@H](C(=O)N3CCCC3)CC2=O)cc1OC. The number of benzene rings is 1. The second-order valence-electron chi connectivity index (χ2n) is 6.71. The van der Waals surface area contributed by atoms with E-state index in [1.54, 1.807) is 14.2 Å². The molecule has 2 fully saturated rings. The molecule has 3 rings (SSSR count). The Morgan fingerprint density at radius 2 is 1.88 bits per heavy atom. The van der Waals surface area contributed by atoms with Crippen LogP contribution < -0.4 is 9.47 Å². The maximum Gasteiger partial charge on any atom is 0.227 e. The molecule has 2 saturated heterocycles. The Kier molecular flexibility index (Phi) is 5.46. The highest BCUT2D eigenvalue weighted by atomic mass is 16.5. The van der Waals surface area contributed by atoms with Crippen molar-refractivity contribution in [2.75, 3.05) is 40.4 Å². The van der Waals surface area contributed by atoms with Crippen molar-refractivity contribution < 1.29 is 19.1 Å². The van der Waals surface area contributed by atoms with Crippen molar-refractivity contribution in [3.05, 3.63) is 23.8 Å². The van der Waals surface area contributed by atoms with Gasteiger partial charge >= 0.3 is 0 Å². The van der Waals surface area contributed by atoms with Crippen LogP contribution in [0.1, 0.15) is 24.8 Å². The van der Waals surface area contributed by atoms with Crippen molar-refractivity contribution in [1.29, 1.82) is 0 Å². The average molecular weight is 346 g/mol. The summed E-state index contributed by atoms with van der Waals surface area (Å²) in [5.41, 5.74) is 1.08. The number of hydrogen-bond donors (Lipinski definition) is 0. The van der Waals surface area contributed by atoms with Crippen LogP contribution in [0.15, 0.2) is 18.2 Å². The molecule has 0 bridgehead atoms. The van der Waals surface area contributed by atoms with Gasteiger partial charge in [-0.05, 0) is 37.0 Å². The minimum absolute atomic E-state index is 0.0815. The van der Waals surface area contributed by atoms with Crippen molar-refractivity contribution in [3.8, 4) is 11.5 Å². The normalized spacial score (nSPS) is 20.2. The van der Waals surface area contributed by atoms with Gasteiger partial charge in [0.15, 0.2) is 11.5 Å². The Labute approximate surface area is 148 Å². The lowest BCUT2D eigenvalue weighted by atomic mass is 10.1. The van der Waals surface area contributed by atoms with Gasteiger partial charge in [0, 0.05) is 32.6 Å². The number of nitrogens with zero attached hydrogens (tertiary/aromatic N) is 2. The zero-order chi connectivity index (χ0) is 17.8. The van der Waals surface area contributed by atoms with Crippen molar-refractivity contribution >= 4 is 11.8 Å². The van der Waals surface area contributed by atoms with Crippen LogP contribution in [0, 0.1) is 5.92 Å². The molecule has 136 valence electrons. The molecule has 0 aromatic heterocycles. The van der Waals surface area contributed by atoms with E-state index in [0.29, 0.717) is 31.0 Å². The molecular formula is C19H26N2O4. The first-order chi connectivity index (χ1) is 12.1. The van der Waals surface area contributed by atoms with Crippen molar-refractivity contribution in [2.24, 2.45) is 5.92 Å². The molecule has 0 unspecified atom stereocenters. The summed E-state index contributed by atoms with van der Waals surface area (Å²) in [4.78, 5) is 28.5. The number of rotatable bonds is 6. The molecule has 25 heavy (non-hydrogen) atoms. The zero-order valence-electron chi connectivity index (χ0n) is 15.0. The molecule has 0 spiro atoms. The molecule has 2 aliphatic rings. The van der Waals surface area contributed by atoms with Crippen LogP contribution in [0.3, 0.4) is 0 Å². The molecule has 2 aliphatic heterocycles. The van der Waals surface area contributed by atoms with E-state index >= 15 is 0 Å². The van der Waals surface area contributed by atoms with Crippen molar-refractivity contribution in [2.45, 2.75) is 25.7 Å².